The Morgan fingerprint density at radius 2 is 1.90 bits per heavy atom. The number of carbonyl (C=O) groups is 2. The van der Waals surface area contributed by atoms with Gasteiger partial charge in [-0.15, -0.1) is 0 Å². The van der Waals surface area contributed by atoms with Crippen LogP contribution in [0.25, 0.3) is 0 Å². The average molecular weight is 393 g/mol. The van der Waals surface area contributed by atoms with E-state index in [2.05, 4.69) is 15.6 Å². The highest BCUT2D eigenvalue weighted by Crippen LogP contribution is 2.24. The maximum Gasteiger partial charge on any atom is 0.255 e. The molecule has 2 heterocycles. The third-order valence-corrected chi connectivity index (χ3v) is 4.36. The van der Waals surface area contributed by atoms with Gasteiger partial charge < -0.3 is 19.8 Å². The van der Waals surface area contributed by atoms with Crippen molar-refractivity contribution in [2.75, 3.05) is 6.54 Å². The molecular weight excluding hydrogens is 370 g/mol. The molecule has 29 heavy (non-hydrogen) atoms. The molecule has 3 rings (SSSR count). The second-order valence-corrected chi connectivity index (χ2v) is 6.73. The first-order valence-corrected chi connectivity index (χ1v) is 9.21. The molecule has 1 aromatic carbocycles. The van der Waals surface area contributed by atoms with E-state index in [1.807, 2.05) is 38.1 Å². The molecule has 0 atom stereocenters. The van der Waals surface area contributed by atoms with Gasteiger partial charge in [-0.05, 0) is 49.6 Å². The molecule has 0 bridgehead atoms. The van der Waals surface area contributed by atoms with Crippen LogP contribution in [0.2, 0.25) is 0 Å². The number of hydrogen-bond acceptors (Lipinski definition) is 5. The number of ether oxygens (including phenoxy) is 1. The summed E-state index contributed by atoms with van der Waals surface area (Å²) in [6, 6.07) is 11.1. The first kappa shape index (κ1) is 20.1. The molecule has 0 fully saturated rings. The zero-order valence-corrected chi connectivity index (χ0v) is 16.6. The van der Waals surface area contributed by atoms with Crippen molar-refractivity contribution in [3.05, 3.63) is 76.9 Å². The van der Waals surface area contributed by atoms with Crippen molar-refractivity contribution in [2.45, 2.75) is 27.3 Å². The predicted octanol–water partition coefficient (Wildman–Crippen LogP) is 3.44. The molecule has 150 valence electrons. The van der Waals surface area contributed by atoms with Crippen molar-refractivity contribution >= 4 is 11.8 Å². The molecule has 0 saturated carbocycles. The van der Waals surface area contributed by atoms with Crippen molar-refractivity contribution in [1.82, 2.24) is 15.6 Å². The summed E-state index contributed by atoms with van der Waals surface area (Å²) in [7, 11) is 0. The Balaban J connectivity index is 1.47. The summed E-state index contributed by atoms with van der Waals surface area (Å²) in [4.78, 5) is 28.2. The third kappa shape index (κ3) is 5.44. The minimum atomic E-state index is -0.346. The smallest absolute Gasteiger partial charge is 0.255 e. The summed E-state index contributed by atoms with van der Waals surface area (Å²) in [5.41, 5.74) is 3.38. The monoisotopic (exact) mass is 393 g/mol. The van der Waals surface area contributed by atoms with E-state index >= 15 is 0 Å². The van der Waals surface area contributed by atoms with Crippen molar-refractivity contribution < 1.29 is 18.7 Å². The van der Waals surface area contributed by atoms with Crippen LogP contribution in [0.1, 0.15) is 32.8 Å². The number of hydrogen-bond donors (Lipinski definition) is 2. The quantitative estimate of drug-likeness (QED) is 0.641. The largest absolute Gasteiger partial charge is 0.469 e. The average Bonchev–Trinajstić information content (AvgIpc) is 3.14. The number of rotatable bonds is 7. The van der Waals surface area contributed by atoms with Crippen LogP contribution in [0.3, 0.4) is 0 Å². The molecule has 0 radical (unpaired) electrons. The van der Waals surface area contributed by atoms with E-state index in [9.17, 15) is 9.59 Å². The summed E-state index contributed by atoms with van der Waals surface area (Å²) < 4.78 is 10.9. The van der Waals surface area contributed by atoms with Crippen LogP contribution in [0.15, 0.2) is 53.3 Å². The third-order valence-electron chi connectivity index (χ3n) is 4.36. The number of pyridine rings is 1. The molecule has 0 aliphatic heterocycles. The number of amides is 2. The first-order valence-electron chi connectivity index (χ1n) is 9.21. The molecule has 0 unspecified atom stereocenters. The lowest BCUT2D eigenvalue weighted by atomic mass is 10.1. The van der Waals surface area contributed by atoms with Gasteiger partial charge >= 0.3 is 0 Å². The highest BCUT2D eigenvalue weighted by molar-refractivity contribution is 5.97. The first-order chi connectivity index (χ1) is 13.9. The van der Waals surface area contributed by atoms with E-state index in [4.69, 9.17) is 9.15 Å². The second-order valence-electron chi connectivity index (χ2n) is 6.73. The van der Waals surface area contributed by atoms with Gasteiger partial charge in [-0.2, -0.15) is 0 Å². The highest BCUT2D eigenvalue weighted by atomic mass is 16.5. The summed E-state index contributed by atoms with van der Waals surface area (Å²) in [6.45, 7) is 5.85. The van der Waals surface area contributed by atoms with Crippen molar-refractivity contribution in [2.24, 2.45) is 0 Å². The Kier molecular flexibility index (Phi) is 6.29. The molecule has 0 spiro atoms. The van der Waals surface area contributed by atoms with E-state index in [1.165, 1.54) is 6.26 Å². The fourth-order valence-corrected chi connectivity index (χ4v) is 2.65. The zero-order valence-electron chi connectivity index (χ0n) is 16.6. The summed E-state index contributed by atoms with van der Waals surface area (Å²) in [5.74, 6) is 1.12. The number of furan rings is 1. The number of aromatic nitrogens is 1. The fourth-order valence-electron chi connectivity index (χ4n) is 2.65. The summed E-state index contributed by atoms with van der Waals surface area (Å²) >= 11 is 0. The van der Waals surface area contributed by atoms with Gasteiger partial charge in [0.25, 0.3) is 5.91 Å². The van der Waals surface area contributed by atoms with Crippen molar-refractivity contribution in [1.29, 1.82) is 0 Å². The summed E-state index contributed by atoms with van der Waals surface area (Å²) in [5, 5.41) is 5.30. The van der Waals surface area contributed by atoms with Crippen LogP contribution in [-0.2, 0) is 11.3 Å². The molecule has 7 nitrogen and oxygen atoms in total. The molecule has 0 aliphatic rings. The van der Waals surface area contributed by atoms with Gasteiger partial charge in [0.05, 0.1) is 18.4 Å². The van der Waals surface area contributed by atoms with E-state index in [0.717, 1.165) is 22.4 Å². The number of carbonyl (C=O) groups excluding carboxylic acids is 2. The van der Waals surface area contributed by atoms with Crippen LogP contribution < -0.4 is 15.4 Å². The normalized spacial score (nSPS) is 10.4. The van der Waals surface area contributed by atoms with Gasteiger partial charge in [0, 0.05) is 18.8 Å². The van der Waals surface area contributed by atoms with E-state index < -0.39 is 0 Å². The lowest BCUT2D eigenvalue weighted by Crippen LogP contribution is -2.36. The molecule has 2 aromatic heterocycles. The van der Waals surface area contributed by atoms with Gasteiger partial charge in [0.15, 0.2) is 0 Å². The Hall–Kier alpha value is -3.61. The Labute approximate surface area is 169 Å². The minimum Gasteiger partial charge on any atom is -0.469 e. The second kappa shape index (κ2) is 9.05. The maximum atomic E-state index is 12.0. The standard InChI is InChI=1S/C22H23N3O4/c1-14-4-5-15(2)19(10-14)29-21-7-6-17(12-24-21)11-23-20(26)13-25-22(27)18-8-9-28-16(18)3/h4-10,12H,11,13H2,1-3H3,(H,23,26)(H,25,27). The molecule has 2 N–H and O–H groups in total. The van der Waals surface area contributed by atoms with Crippen LogP contribution in [0, 0.1) is 20.8 Å². The minimum absolute atomic E-state index is 0.120. The van der Waals surface area contributed by atoms with Crippen LogP contribution in [-0.4, -0.2) is 23.3 Å². The zero-order chi connectivity index (χ0) is 20.8. The van der Waals surface area contributed by atoms with Crippen LogP contribution >= 0.6 is 0 Å². The van der Waals surface area contributed by atoms with Crippen LogP contribution in [0.5, 0.6) is 11.6 Å². The predicted molar refractivity (Wildman–Crippen MR) is 108 cm³/mol. The molecule has 7 heteroatoms. The van der Waals surface area contributed by atoms with Gasteiger partial charge in [-0.3, -0.25) is 9.59 Å². The van der Waals surface area contributed by atoms with Crippen LogP contribution in [0.4, 0.5) is 0 Å². The van der Waals surface area contributed by atoms with Gasteiger partial charge in [-0.25, -0.2) is 4.98 Å². The van der Waals surface area contributed by atoms with Gasteiger partial charge in [0.1, 0.15) is 11.5 Å². The Morgan fingerprint density at radius 1 is 1.07 bits per heavy atom. The molecule has 2 amide bonds. The van der Waals surface area contributed by atoms with E-state index in [1.54, 1.807) is 25.3 Å². The lowest BCUT2D eigenvalue weighted by molar-refractivity contribution is -0.120. The summed E-state index contributed by atoms with van der Waals surface area (Å²) in [6.07, 6.45) is 3.08. The molecular formula is C22H23N3O4. The number of aryl methyl sites for hydroxylation is 3. The number of nitrogens with one attached hydrogen (secondary N) is 2. The van der Waals surface area contributed by atoms with Gasteiger partial charge in [-0.1, -0.05) is 18.2 Å². The molecule has 0 saturated heterocycles. The number of benzene rings is 1. The van der Waals surface area contributed by atoms with E-state index in [-0.39, 0.29) is 18.4 Å². The lowest BCUT2D eigenvalue weighted by Gasteiger charge is -2.10. The maximum absolute atomic E-state index is 12.0. The Bertz CT molecular complexity index is 1010. The van der Waals surface area contributed by atoms with Crippen molar-refractivity contribution in [3.8, 4) is 11.6 Å². The van der Waals surface area contributed by atoms with Crippen molar-refractivity contribution in [3.63, 3.8) is 0 Å². The number of nitrogens with zero attached hydrogens (tertiary/aromatic N) is 1. The SMILES string of the molecule is Cc1ccc(C)c(Oc2ccc(CNC(=O)CNC(=O)c3ccoc3C)cn2)c1. The fraction of sp³-hybridized carbons (Fsp3) is 0.227. The molecule has 0 aliphatic carbocycles. The highest BCUT2D eigenvalue weighted by Gasteiger charge is 2.12. The topological polar surface area (TPSA) is 93.5 Å². The van der Waals surface area contributed by atoms with Gasteiger partial charge in [0.2, 0.25) is 11.8 Å². The van der Waals surface area contributed by atoms with E-state index in [0.29, 0.717) is 23.7 Å². The molecule has 3 aromatic rings. The Morgan fingerprint density at radius 3 is 2.59 bits per heavy atom.